The summed E-state index contributed by atoms with van der Waals surface area (Å²) in [7, 11) is 0. The Labute approximate surface area is 88.7 Å². The summed E-state index contributed by atoms with van der Waals surface area (Å²) >= 11 is 1.80. The van der Waals surface area contributed by atoms with E-state index in [1.807, 2.05) is 6.92 Å². The molecule has 0 bridgehead atoms. The number of hydrogen-bond donors (Lipinski definition) is 1. The van der Waals surface area contributed by atoms with Gasteiger partial charge in [-0.25, -0.2) is 0 Å². The lowest BCUT2D eigenvalue weighted by molar-refractivity contribution is 0.469. The number of thioether (sulfide) groups is 1. The van der Waals surface area contributed by atoms with Crippen LogP contribution in [0.2, 0.25) is 0 Å². The first-order valence-corrected chi connectivity index (χ1v) is 5.94. The van der Waals surface area contributed by atoms with Crippen LogP contribution >= 0.6 is 11.8 Å². The molecule has 0 aliphatic rings. The van der Waals surface area contributed by atoms with Crippen LogP contribution in [0.4, 0.5) is 0 Å². The average Bonchev–Trinajstić information content (AvgIpc) is 2.63. The fourth-order valence-corrected chi connectivity index (χ4v) is 1.87. The van der Waals surface area contributed by atoms with Gasteiger partial charge in [0.25, 0.3) is 0 Å². The van der Waals surface area contributed by atoms with Crippen LogP contribution < -0.4 is 5.73 Å². The third kappa shape index (κ3) is 3.67. The Bertz CT molecular complexity index is 264. The molecule has 1 rings (SSSR count). The Morgan fingerprint density at radius 3 is 2.71 bits per heavy atom. The molecule has 1 aromatic heterocycles. The van der Waals surface area contributed by atoms with Gasteiger partial charge in [-0.15, -0.1) is 22.0 Å². The summed E-state index contributed by atoms with van der Waals surface area (Å²) < 4.78 is 5.39. The second kappa shape index (κ2) is 6.03. The minimum atomic E-state index is 0.553. The molecule has 0 aliphatic heterocycles. The Morgan fingerprint density at radius 2 is 2.14 bits per heavy atom. The molecule has 1 atom stereocenters. The summed E-state index contributed by atoms with van der Waals surface area (Å²) in [6.45, 7) is 4.90. The standard InChI is InChI=1S/C9H17N3OS/c1-3-8-11-12-9(13-8)6-14-7(2)4-5-10/h7H,3-6,10H2,1-2H3. The van der Waals surface area contributed by atoms with E-state index in [0.29, 0.717) is 11.1 Å². The van der Waals surface area contributed by atoms with Gasteiger partial charge in [0.05, 0.1) is 5.75 Å². The van der Waals surface area contributed by atoms with Crippen LogP contribution in [0.1, 0.15) is 32.0 Å². The summed E-state index contributed by atoms with van der Waals surface area (Å²) in [4.78, 5) is 0. The lowest BCUT2D eigenvalue weighted by Crippen LogP contribution is -2.07. The third-order valence-electron chi connectivity index (χ3n) is 1.88. The lowest BCUT2D eigenvalue weighted by Gasteiger charge is -2.06. The SMILES string of the molecule is CCc1nnc(CSC(C)CCN)o1. The Kier molecular flexibility index (Phi) is 4.97. The van der Waals surface area contributed by atoms with Crippen molar-refractivity contribution in [2.24, 2.45) is 5.73 Å². The molecule has 0 saturated carbocycles. The van der Waals surface area contributed by atoms with Gasteiger partial charge in [0.2, 0.25) is 11.8 Å². The number of rotatable bonds is 6. The van der Waals surface area contributed by atoms with Crippen molar-refractivity contribution in [1.82, 2.24) is 10.2 Å². The molecule has 80 valence electrons. The van der Waals surface area contributed by atoms with Crippen molar-refractivity contribution in [3.05, 3.63) is 11.8 Å². The number of hydrogen-bond acceptors (Lipinski definition) is 5. The van der Waals surface area contributed by atoms with Gasteiger partial charge in [-0.2, -0.15) is 0 Å². The number of nitrogens with two attached hydrogens (primary N) is 1. The monoisotopic (exact) mass is 215 g/mol. The van der Waals surface area contributed by atoms with Crippen LogP contribution in [0, 0.1) is 0 Å². The maximum Gasteiger partial charge on any atom is 0.226 e. The van der Waals surface area contributed by atoms with Crippen LogP contribution in [-0.4, -0.2) is 22.0 Å². The van der Waals surface area contributed by atoms with Crippen LogP contribution in [0.25, 0.3) is 0 Å². The van der Waals surface area contributed by atoms with E-state index in [-0.39, 0.29) is 0 Å². The highest BCUT2D eigenvalue weighted by molar-refractivity contribution is 7.99. The van der Waals surface area contributed by atoms with E-state index in [1.54, 1.807) is 11.8 Å². The van der Waals surface area contributed by atoms with Gasteiger partial charge in [-0.3, -0.25) is 0 Å². The minimum Gasteiger partial charge on any atom is -0.424 e. The van der Waals surface area contributed by atoms with E-state index in [1.165, 1.54) is 0 Å². The predicted octanol–water partition coefficient (Wildman–Crippen LogP) is 1.60. The van der Waals surface area contributed by atoms with Crippen LogP contribution in [0.15, 0.2) is 4.42 Å². The fourth-order valence-electron chi connectivity index (χ4n) is 1.02. The van der Waals surface area contributed by atoms with Crippen molar-refractivity contribution in [3.8, 4) is 0 Å². The largest absolute Gasteiger partial charge is 0.424 e. The van der Waals surface area contributed by atoms with Crippen LogP contribution in [0.3, 0.4) is 0 Å². The molecule has 5 heteroatoms. The number of aromatic nitrogens is 2. The van der Waals surface area contributed by atoms with Gasteiger partial charge < -0.3 is 10.2 Å². The maximum atomic E-state index is 5.46. The molecule has 0 saturated heterocycles. The van der Waals surface area contributed by atoms with Gasteiger partial charge in [-0.05, 0) is 13.0 Å². The van der Waals surface area contributed by atoms with Gasteiger partial charge >= 0.3 is 0 Å². The molecule has 0 fully saturated rings. The molecule has 1 heterocycles. The summed E-state index contributed by atoms with van der Waals surface area (Å²) in [5.41, 5.74) is 5.46. The quantitative estimate of drug-likeness (QED) is 0.781. The van der Waals surface area contributed by atoms with Crippen molar-refractivity contribution in [2.75, 3.05) is 6.54 Å². The fraction of sp³-hybridized carbons (Fsp3) is 0.778. The molecule has 0 radical (unpaired) electrons. The van der Waals surface area contributed by atoms with E-state index in [2.05, 4.69) is 17.1 Å². The van der Waals surface area contributed by atoms with E-state index >= 15 is 0 Å². The predicted molar refractivity (Wildman–Crippen MR) is 58.1 cm³/mol. The zero-order chi connectivity index (χ0) is 10.4. The third-order valence-corrected chi connectivity index (χ3v) is 3.09. The summed E-state index contributed by atoms with van der Waals surface area (Å²) in [6.07, 6.45) is 1.83. The molecular weight excluding hydrogens is 198 g/mol. The smallest absolute Gasteiger partial charge is 0.226 e. The molecule has 1 unspecified atom stereocenters. The Balaban J connectivity index is 2.30. The van der Waals surface area contributed by atoms with Gasteiger partial charge in [0, 0.05) is 11.7 Å². The molecule has 0 amide bonds. The molecule has 0 aromatic carbocycles. The number of aryl methyl sites for hydroxylation is 1. The topological polar surface area (TPSA) is 64.9 Å². The molecule has 14 heavy (non-hydrogen) atoms. The summed E-state index contributed by atoms with van der Waals surface area (Å²) in [5, 5.41) is 8.41. The minimum absolute atomic E-state index is 0.553. The van der Waals surface area contributed by atoms with Crippen molar-refractivity contribution in [3.63, 3.8) is 0 Å². The van der Waals surface area contributed by atoms with Gasteiger partial charge in [-0.1, -0.05) is 13.8 Å². The second-order valence-electron chi connectivity index (χ2n) is 3.14. The average molecular weight is 215 g/mol. The zero-order valence-electron chi connectivity index (χ0n) is 8.69. The molecule has 2 N–H and O–H groups in total. The van der Waals surface area contributed by atoms with Crippen molar-refractivity contribution >= 4 is 11.8 Å². The van der Waals surface area contributed by atoms with Crippen molar-refractivity contribution in [1.29, 1.82) is 0 Å². The summed E-state index contributed by atoms with van der Waals surface area (Å²) in [5.74, 6) is 2.22. The van der Waals surface area contributed by atoms with Crippen molar-refractivity contribution < 1.29 is 4.42 Å². The molecule has 0 spiro atoms. The molecule has 0 aliphatic carbocycles. The molecular formula is C9H17N3OS. The normalized spacial score (nSPS) is 13.1. The Morgan fingerprint density at radius 1 is 1.43 bits per heavy atom. The van der Waals surface area contributed by atoms with E-state index < -0.39 is 0 Å². The highest BCUT2D eigenvalue weighted by Crippen LogP contribution is 2.18. The number of nitrogens with zero attached hydrogens (tertiary/aromatic N) is 2. The lowest BCUT2D eigenvalue weighted by atomic mass is 10.3. The molecule has 4 nitrogen and oxygen atoms in total. The Hall–Kier alpha value is -0.550. The van der Waals surface area contributed by atoms with Crippen molar-refractivity contribution in [2.45, 2.75) is 37.7 Å². The van der Waals surface area contributed by atoms with E-state index in [9.17, 15) is 0 Å². The van der Waals surface area contributed by atoms with Crippen LogP contribution in [0.5, 0.6) is 0 Å². The first-order chi connectivity index (χ1) is 6.76. The highest BCUT2D eigenvalue weighted by atomic mass is 32.2. The molecule has 1 aromatic rings. The first kappa shape index (κ1) is 11.5. The first-order valence-electron chi connectivity index (χ1n) is 4.89. The summed E-state index contributed by atoms with van der Waals surface area (Å²) in [6, 6.07) is 0. The van der Waals surface area contributed by atoms with Gasteiger partial charge in [0.1, 0.15) is 0 Å². The van der Waals surface area contributed by atoms with E-state index in [4.69, 9.17) is 10.2 Å². The zero-order valence-corrected chi connectivity index (χ0v) is 9.51. The second-order valence-corrected chi connectivity index (χ2v) is 4.57. The maximum absolute atomic E-state index is 5.46. The van der Waals surface area contributed by atoms with Gasteiger partial charge in [0.15, 0.2) is 0 Å². The van der Waals surface area contributed by atoms with Crippen LogP contribution in [-0.2, 0) is 12.2 Å². The van der Waals surface area contributed by atoms with E-state index in [0.717, 1.165) is 31.0 Å². The highest BCUT2D eigenvalue weighted by Gasteiger charge is 2.07.